The van der Waals surface area contributed by atoms with Crippen molar-refractivity contribution < 1.29 is 0 Å². The molecule has 0 radical (unpaired) electrons. The molecule has 1 nitrogen and oxygen atoms in total. The molecule has 1 saturated heterocycles. The normalized spacial score (nSPS) is 32.2. The molecule has 1 heteroatoms. The third kappa shape index (κ3) is 2.48. The van der Waals surface area contributed by atoms with E-state index in [1.165, 1.54) is 38.9 Å². The molecule has 0 aromatic carbocycles. The van der Waals surface area contributed by atoms with Gasteiger partial charge in [-0.15, -0.1) is 0 Å². The molecule has 0 unspecified atom stereocenters. The van der Waals surface area contributed by atoms with Crippen molar-refractivity contribution in [2.45, 2.75) is 40.0 Å². The first-order valence-corrected chi connectivity index (χ1v) is 5.50. The summed E-state index contributed by atoms with van der Waals surface area (Å²) in [5, 5.41) is 0. The highest BCUT2D eigenvalue weighted by Crippen LogP contribution is 2.25. The predicted octanol–water partition coefficient (Wildman–Crippen LogP) is 2.76. The van der Waals surface area contributed by atoms with E-state index < -0.39 is 0 Å². The fourth-order valence-corrected chi connectivity index (χ4v) is 2.28. The smallest absolute Gasteiger partial charge is 0.00121 e. The van der Waals surface area contributed by atoms with Crippen LogP contribution in [-0.2, 0) is 0 Å². The Labute approximate surface area is 77.1 Å². The van der Waals surface area contributed by atoms with Crippen molar-refractivity contribution in [1.29, 1.82) is 0 Å². The monoisotopic (exact) mass is 169 g/mol. The lowest BCUT2D eigenvalue weighted by Gasteiger charge is -2.36. The van der Waals surface area contributed by atoms with E-state index in [2.05, 4.69) is 25.7 Å². The number of rotatable bonds is 3. The van der Waals surface area contributed by atoms with Gasteiger partial charge in [0.2, 0.25) is 0 Å². The molecule has 0 saturated carbocycles. The zero-order valence-corrected chi connectivity index (χ0v) is 8.84. The highest BCUT2D eigenvalue weighted by Gasteiger charge is 2.23. The third-order valence-corrected chi connectivity index (χ3v) is 3.26. The van der Waals surface area contributed by atoms with Crippen molar-refractivity contribution in [3.05, 3.63) is 0 Å². The Bertz CT molecular complexity index is 122. The molecular formula is C11H23N. The van der Waals surface area contributed by atoms with Crippen molar-refractivity contribution in [2.24, 2.45) is 11.8 Å². The van der Waals surface area contributed by atoms with Gasteiger partial charge < -0.3 is 4.90 Å². The lowest BCUT2D eigenvalue weighted by atomic mass is 9.85. The minimum Gasteiger partial charge on any atom is -0.303 e. The average molecular weight is 169 g/mol. The van der Waals surface area contributed by atoms with Gasteiger partial charge in [-0.3, -0.25) is 0 Å². The van der Waals surface area contributed by atoms with Crippen LogP contribution in [0.15, 0.2) is 0 Å². The second kappa shape index (κ2) is 4.86. The standard InChI is InChI=1S/C11H23N/c1-4-7-12-8-6-10(3)11(5-2)9-12/h10-11H,4-9H2,1-3H3/t10-,11-/m0/s1. The zero-order valence-electron chi connectivity index (χ0n) is 8.84. The van der Waals surface area contributed by atoms with Crippen LogP contribution in [0.25, 0.3) is 0 Å². The number of hydrogen-bond acceptors (Lipinski definition) is 1. The Balaban J connectivity index is 2.33. The highest BCUT2D eigenvalue weighted by atomic mass is 15.1. The summed E-state index contributed by atoms with van der Waals surface area (Å²) >= 11 is 0. The molecule has 72 valence electrons. The zero-order chi connectivity index (χ0) is 8.97. The van der Waals surface area contributed by atoms with Crippen molar-refractivity contribution in [3.63, 3.8) is 0 Å². The number of piperidine rings is 1. The first kappa shape index (κ1) is 10.0. The van der Waals surface area contributed by atoms with Gasteiger partial charge in [0, 0.05) is 6.54 Å². The van der Waals surface area contributed by atoms with Gasteiger partial charge in [0.25, 0.3) is 0 Å². The van der Waals surface area contributed by atoms with Crippen LogP contribution in [0.1, 0.15) is 40.0 Å². The summed E-state index contributed by atoms with van der Waals surface area (Å²) in [5.41, 5.74) is 0. The molecule has 0 bridgehead atoms. The molecule has 0 spiro atoms. The molecule has 0 N–H and O–H groups in total. The van der Waals surface area contributed by atoms with Crippen LogP contribution in [0, 0.1) is 11.8 Å². The third-order valence-electron chi connectivity index (χ3n) is 3.26. The van der Waals surface area contributed by atoms with E-state index in [0.29, 0.717) is 0 Å². The van der Waals surface area contributed by atoms with Crippen molar-refractivity contribution in [1.82, 2.24) is 4.90 Å². The predicted molar refractivity (Wildman–Crippen MR) is 54.3 cm³/mol. The quantitative estimate of drug-likeness (QED) is 0.628. The van der Waals surface area contributed by atoms with E-state index in [9.17, 15) is 0 Å². The van der Waals surface area contributed by atoms with Crippen LogP contribution in [-0.4, -0.2) is 24.5 Å². The molecule has 1 rings (SSSR count). The van der Waals surface area contributed by atoms with Crippen LogP contribution >= 0.6 is 0 Å². The fourth-order valence-electron chi connectivity index (χ4n) is 2.28. The lowest BCUT2D eigenvalue weighted by molar-refractivity contribution is 0.125. The van der Waals surface area contributed by atoms with E-state index in [-0.39, 0.29) is 0 Å². The molecule has 1 heterocycles. The van der Waals surface area contributed by atoms with Crippen LogP contribution in [0.4, 0.5) is 0 Å². The van der Waals surface area contributed by atoms with Gasteiger partial charge in [-0.1, -0.05) is 27.2 Å². The highest BCUT2D eigenvalue weighted by molar-refractivity contribution is 4.76. The van der Waals surface area contributed by atoms with Crippen molar-refractivity contribution in [3.8, 4) is 0 Å². The van der Waals surface area contributed by atoms with E-state index in [1.807, 2.05) is 0 Å². The molecule has 2 atom stereocenters. The fraction of sp³-hybridized carbons (Fsp3) is 1.00. The van der Waals surface area contributed by atoms with Gasteiger partial charge in [-0.25, -0.2) is 0 Å². The minimum absolute atomic E-state index is 0.961. The van der Waals surface area contributed by atoms with Crippen molar-refractivity contribution in [2.75, 3.05) is 19.6 Å². The Morgan fingerprint density at radius 2 is 2.08 bits per heavy atom. The summed E-state index contributed by atoms with van der Waals surface area (Å²) in [5.74, 6) is 1.92. The van der Waals surface area contributed by atoms with E-state index in [4.69, 9.17) is 0 Å². The summed E-state index contributed by atoms with van der Waals surface area (Å²) < 4.78 is 0. The van der Waals surface area contributed by atoms with Crippen LogP contribution < -0.4 is 0 Å². The van der Waals surface area contributed by atoms with Crippen LogP contribution in [0.5, 0.6) is 0 Å². The maximum Gasteiger partial charge on any atom is 0.00121 e. The Kier molecular flexibility index (Phi) is 4.07. The number of hydrogen-bond donors (Lipinski definition) is 0. The SMILES string of the molecule is CCCN1CC[C@H](C)[C@@H](CC)C1. The first-order chi connectivity index (χ1) is 5.77. The van der Waals surface area contributed by atoms with Crippen molar-refractivity contribution >= 4 is 0 Å². The maximum absolute atomic E-state index is 2.63. The topological polar surface area (TPSA) is 3.24 Å². The molecule has 1 aliphatic rings. The van der Waals surface area contributed by atoms with Gasteiger partial charge >= 0.3 is 0 Å². The Morgan fingerprint density at radius 1 is 1.33 bits per heavy atom. The Morgan fingerprint density at radius 3 is 2.67 bits per heavy atom. The minimum atomic E-state index is 0.961. The van der Waals surface area contributed by atoms with Crippen LogP contribution in [0.3, 0.4) is 0 Å². The summed E-state index contributed by atoms with van der Waals surface area (Å²) in [6.07, 6.45) is 4.09. The molecular weight excluding hydrogens is 146 g/mol. The van der Waals surface area contributed by atoms with Gasteiger partial charge in [0.15, 0.2) is 0 Å². The molecule has 0 amide bonds. The van der Waals surface area contributed by atoms with Gasteiger partial charge in [0.1, 0.15) is 0 Å². The van der Waals surface area contributed by atoms with Gasteiger partial charge in [-0.05, 0) is 37.8 Å². The van der Waals surface area contributed by atoms with Gasteiger partial charge in [0.05, 0.1) is 0 Å². The largest absolute Gasteiger partial charge is 0.303 e. The Hall–Kier alpha value is -0.0400. The molecule has 0 aliphatic carbocycles. The molecule has 0 aromatic rings. The first-order valence-electron chi connectivity index (χ1n) is 5.50. The van der Waals surface area contributed by atoms with E-state index in [1.54, 1.807) is 0 Å². The second-order valence-corrected chi connectivity index (χ2v) is 4.23. The summed E-state index contributed by atoms with van der Waals surface area (Å²) in [7, 11) is 0. The van der Waals surface area contributed by atoms with Gasteiger partial charge in [-0.2, -0.15) is 0 Å². The molecule has 1 fully saturated rings. The molecule has 12 heavy (non-hydrogen) atoms. The lowest BCUT2D eigenvalue weighted by Crippen LogP contribution is -2.39. The van der Waals surface area contributed by atoms with E-state index in [0.717, 1.165) is 11.8 Å². The number of nitrogens with zero attached hydrogens (tertiary/aromatic N) is 1. The molecule has 1 aliphatic heterocycles. The second-order valence-electron chi connectivity index (χ2n) is 4.23. The summed E-state index contributed by atoms with van der Waals surface area (Å²) in [6, 6.07) is 0. The molecule has 0 aromatic heterocycles. The maximum atomic E-state index is 2.63. The summed E-state index contributed by atoms with van der Waals surface area (Å²) in [4.78, 5) is 2.63. The van der Waals surface area contributed by atoms with Crippen LogP contribution in [0.2, 0.25) is 0 Å². The van der Waals surface area contributed by atoms with E-state index >= 15 is 0 Å². The summed E-state index contributed by atoms with van der Waals surface area (Å²) in [6.45, 7) is 11.0. The average Bonchev–Trinajstić information content (AvgIpc) is 2.09. The number of likely N-dealkylation sites (tertiary alicyclic amines) is 1.